The molecule has 0 unspecified atom stereocenters. The van der Waals surface area contributed by atoms with Crippen molar-refractivity contribution in [2.75, 3.05) is 48.4 Å². The highest BCUT2D eigenvalue weighted by atomic mass is 16.6. The average molecular weight is 525 g/mol. The molecular weight excluding hydrogens is 492 g/mol. The van der Waals surface area contributed by atoms with Crippen LogP contribution in [-0.4, -0.2) is 49.4 Å². The number of para-hydroxylation sites is 1. The van der Waals surface area contributed by atoms with Crippen LogP contribution in [0.3, 0.4) is 0 Å². The maximum absolute atomic E-state index is 13.6. The zero-order chi connectivity index (χ0) is 27.2. The Balaban J connectivity index is 1.35. The number of nitrogens with zero attached hydrogens (tertiary/aromatic N) is 4. The van der Waals surface area contributed by atoms with Gasteiger partial charge in [0.05, 0.1) is 18.5 Å². The monoisotopic (exact) mass is 524 g/mol. The van der Waals surface area contributed by atoms with Crippen LogP contribution in [0.25, 0.3) is 0 Å². The molecule has 2 N–H and O–H groups in total. The van der Waals surface area contributed by atoms with Crippen LogP contribution in [0.15, 0.2) is 79.0 Å². The van der Waals surface area contributed by atoms with Gasteiger partial charge in [0, 0.05) is 49.8 Å². The van der Waals surface area contributed by atoms with Gasteiger partial charge in [0.2, 0.25) is 11.8 Å². The summed E-state index contributed by atoms with van der Waals surface area (Å²) in [5, 5.41) is 6.57. The fourth-order valence-corrected chi connectivity index (χ4v) is 4.62. The van der Waals surface area contributed by atoms with Crippen LogP contribution in [-0.2, 0) is 0 Å². The number of carbonyl (C=O) groups is 1. The molecule has 4 aromatic rings. The van der Waals surface area contributed by atoms with Crippen molar-refractivity contribution >= 4 is 34.8 Å². The Labute approximate surface area is 228 Å². The number of methoxy groups -OCH3 is 1. The lowest BCUT2D eigenvalue weighted by Crippen LogP contribution is -2.43. The minimum atomic E-state index is -0.581. The molecule has 2 heterocycles. The molecule has 9 heteroatoms. The third kappa shape index (κ3) is 6.10. The topological polar surface area (TPSA) is 91.8 Å². The van der Waals surface area contributed by atoms with E-state index in [0.717, 1.165) is 48.7 Å². The molecule has 0 saturated carbocycles. The van der Waals surface area contributed by atoms with Crippen LogP contribution in [0.2, 0.25) is 0 Å². The van der Waals surface area contributed by atoms with E-state index in [-0.39, 0.29) is 5.88 Å². The number of aryl methyl sites for hydroxylation is 2. The zero-order valence-corrected chi connectivity index (χ0v) is 22.3. The Morgan fingerprint density at radius 1 is 0.949 bits per heavy atom. The summed E-state index contributed by atoms with van der Waals surface area (Å²) < 4.78 is 11.1. The van der Waals surface area contributed by atoms with E-state index in [1.165, 1.54) is 5.69 Å². The van der Waals surface area contributed by atoms with Crippen LogP contribution in [0.1, 0.15) is 11.1 Å². The first-order valence-electron chi connectivity index (χ1n) is 12.9. The molecule has 0 bridgehead atoms. The van der Waals surface area contributed by atoms with Crippen LogP contribution in [0.4, 0.5) is 33.5 Å². The number of carbonyl (C=O) groups excluding carboxylic acids is 1. The molecule has 1 saturated heterocycles. The van der Waals surface area contributed by atoms with Crippen LogP contribution >= 0.6 is 0 Å². The lowest BCUT2D eigenvalue weighted by molar-refractivity contribution is 0.208. The summed E-state index contributed by atoms with van der Waals surface area (Å²) in [6, 6.07) is 22.9. The molecule has 200 valence electrons. The number of benzene rings is 3. The first kappa shape index (κ1) is 26.0. The van der Waals surface area contributed by atoms with Crippen molar-refractivity contribution in [2.24, 2.45) is 0 Å². The van der Waals surface area contributed by atoms with Crippen LogP contribution < -0.4 is 29.9 Å². The highest BCUT2D eigenvalue weighted by molar-refractivity contribution is 5.98. The van der Waals surface area contributed by atoms with E-state index >= 15 is 0 Å². The lowest BCUT2D eigenvalue weighted by Gasteiger charge is -2.29. The van der Waals surface area contributed by atoms with Gasteiger partial charge in [0.1, 0.15) is 5.75 Å². The number of aromatic nitrogens is 2. The van der Waals surface area contributed by atoms with Crippen LogP contribution in [0.5, 0.6) is 11.6 Å². The largest absolute Gasteiger partial charge is 0.497 e. The van der Waals surface area contributed by atoms with E-state index in [2.05, 4.69) is 37.6 Å². The molecule has 5 rings (SSSR count). The van der Waals surface area contributed by atoms with Gasteiger partial charge in [0.15, 0.2) is 0 Å². The van der Waals surface area contributed by atoms with Gasteiger partial charge in [0.25, 0.3) is 0 Å². The number of ether oxygens (including phenoxy) is 2. The third-order valence-electron chi connectivity index (χ3n) is 6.60. The molecule has 1 amide bonds. The minimum absolute atomic E-state index is 0.139. The molecule has 1 aliphatic rings. The third-order valence-corrected chi connectivity index (χ3v) is 6.60. The lowest BCUT2D eigenvalue weighted by atomic mass is 10.1. The molecule has 0 aliphatic carbocycles. The zero-order valence-electron chi connectivity index (χ0n) is 22.3. The van der Waals surface area contributed by atoms with Gasteiger partial charge in [-0.15, -0.1) is 0 Å². The summed E-state index contributed by atoms with van der Waals surface area (Å²) in [7, 11) is 1.61. The Morgan fingerprint density at radius 3 is 2.31 bits per heavy atom. The number of piperazine rings is 1. The number of hydrogen-bond donors (Lipinski definition) is 2. The Hall–Kier alpha value is -4.63. The predicted octanol–water partition coefficient (Wildman–Crippen LogP) is 5.59. The van der Waals surface area contributed by atoms with E-state index in [1.807, 2.05) is 68.4 Å². The van der Waals surface area contributed by atoms with Crippen molar-refractivity contribution < 1.29 is 14.3 Å². The van der Waals surface area contributed by atoms with Crippen LogP contribution in [0, 0.1) is 13.8 Å². The SMILES string of the molecule is COc1ccc(N(C(=O)Oc2ccnc(Nc3ccc(N4CCNCC4)cc3)n2)c2c(C)cccc2C)cc1. The summed E-state index contributed by atoms with van der Waals surface area (Å²) in [5.74, 6) is 1.17. The average Bonchev–Trinajstić information content (AvgIpc) is 2.96. The van der Waals surface area contributed by atoms with Gasteiger partial charge in [-0.3, -0.25) is 0 Å². The Morgan fingerprint density at radius 2 is 1.64 bits per heavy atom. The van der Waals surface area contributed by atoms with Crippen molar-refractivity contribution in [1.82, 2.24) is 15.3 Å². The molecule has 3 aromatic carbocycles. The second kappa shape index (κ2) is 11.8. The molecule has 1 aromatic heterocycles. The fraction of sp³-hybridized carbons (Fsp3) is 0.233. The van der Waals surface area contributed by atoms with Crippen molar-refractivity contribution in [2.45, 2.75) is 13.8 Å². The smallest absolute Gasteiger partial charge is 0.425 e. The van der Waals surface area contributed by atoms with E-state index in [1.54, 1.807) is 24.3 Å². The van der Waals surface area contributed by atoms with Gasteiger partial charge in [-0.1, -0.05) is 18.2 Å². The molecule has 39 heavy (non-hydrogen) atoms. The highest BCUT2D eigenvalue weighted by Crippen LogP contribution is 2.33. The summed E-state index contributed by atoms with van der Waals surface area (Å²) in [6.07, 6.45) is 0.978. The maximum Gasteiger partial charge on any atom is 0.425 e. The molecule has 9 nitrogen and oxygen atoms in total. The van der Waals surface area contributed by atoms with E-state index < -0.39 is 6.09 Å². The molecular formula is C30H32N6O3. The quantitative estimate of drug-likeness (QED) is 0.323. The second-order valence-corrected chi connectivity index (χ2v) is 9.27. The number of hydrogen-bond acceptors (Lipinski definition) is 8. The Kier molecular flexibility index (Phi) is 7.88. The van der Waals surface area contributed by atoms with E-state index in [9.17, 15) is 4.79 Å². The molecule has 0 radical (unpaired) electrons. The summed E-state index contributed by atoms with van der Waals surface area (Å²) >= 11 is 0. The first-order chi connectivity index (χ1) is 19.0. The summed E-state index contributed by atoms with van der Waals surface area (Å²) in [4.78, 5) is 26.2. The first-order valence-corrected chi connectivity index (χ1v) is 12.9. The van der Waals surface area contributed by atoms with Crippen molar-refractivity contribution in [3.63, 3.8) is 0 Å². The van der Waals surface area contributed by atoms with Crippen molar-refractivity contribution in [3.05, 3.63) is 90.1 Å². The van der Waals surface area contributed by atoms with Gasteiger partial charge in [-0.25, -0.2) is 14.7 Å². The normalized spacial score (nSPS) is 13.1. The van der Waals surface area contributed by atoms with Gasteiger partial charge in [-0.2, -0.15) is 4.98 Å². The molecule has 0 spiro atoms. The highest BCUT2D eigenvalue weighted by Gasteiger charge is 2.24. The van der Waals surface area contributed by atoms with Crippen molar-refractivity contribution in [3.8, 4) is 11.6 Å². The van der Waals surface area contributed by atoms with Crippen molar-refractivity contribution in [1.29, 1.82) is 0 Å². The van der Waals surface area contributed by atoms with Gasteiger partial charge < -0.3 is 25.0 Å². The molecule has 1 aliphatic heterocycles. The predicted molar refractivity (Wildman–Crippen MR) is 154 cm³/mol. The standard InChI is InChI=1S/C30H32N6O3/c1-21-5-4-6-22(2)28(21)36(25-11-13-26(38-3)14-12-25)30(37)39-27-15-16-32-29(34-27)33-23-7-9-24(10-8-23)35-19-17-31-18-20-35/h4-16,31H,17-20H2,1-3H3,(H,32,33,34). The van der Waals surface area contributed by atoms with Gasteiger partial charge >= 0.3 is 6.09 Å². The molecule has 0 atom stereocenters. The number of rotatable bonds is 7. The molecule has 1 fully saturated rings. The number of amides is 1. The van der Waals surface area contributed by atoms with E-state index in [0.29, 0.717) is 17.4 Å². The number of nitrogens with one attached hydrogen (secondary N) is 2. The Bertz CT molecular complexity index is 1400. The number of anilines is 5. The maximum atomic E-state index is 13.6. The van der Waals surface area contributed by atoms with Gasteiger partial charge in [-0.05, 0) is 73.5 Å². The fourth-order valence-electron chi connectivity index (χ4n) is 4.62. The summed E-state index contributed by atoms with van der Waals surface area (Å²) in [6.45, 7) is 7.87. The minimum Gasteiger partial charge on any atom is -0.497 e. The second-order valence-electron chi connectivity index (χ2n) is 9.27. The summed E-state index contributed by atoms with van der Waals surface area (Å²) in [5.41, 5.74) is 5.30. The van der Waals surface area contributed by atoms with E-state index in [4.69, 9.17) is 9.47 Å².